The van der Waals surface area contributed by atoms with Gasteiger partial charge in [0.1, 0.15) is 5.82 Å². The third-order valence-corrected chi connectivity index (χ3v) is 3.82. The molecule has 0 radical (unpaired) electrons. The van der Waals surface area contributed by atoms with Crippen LogP contribution in [0.2, 0.25) is 0 Å². The molecule has 3 aromatic rings. The van der Waals surface area contributed by atoms with E-state index in [1.165, 1.54) is 48.7 Å². The van der Waals surface area contributed by atoms with Crippen molar-refractivity contribution in [3.05, 3.63) is 89.9 Å². The molecule has 0 saturated heterocycles. The van der Waals surface area contributed by atoms with E-state index in [2.05, 4.69) is 10.3 Å². The van der Waals surface area contributed by atoms with Crippen molar-refractivity contribution >= 4 is 17.7 Å². The Hall–Kier alpha value is -3.74. The summed E-state index contributed by atoms with van der Waals surface area (Å²) in [6.45, 7) is 0. The van der Waals surface area contributed by atoms with Crippen molar-refractivity contribution in [1.29, 1.82) is 0 Å². The molecular weight excluding hydrogens is 364 g/mol. The molecule has 5 nitrogen and oxygen atoms in total. The molecule has 142 valence electrons. The number of aromatic nitrogens is 1. The third kappa shape index (κ3) is 4.91. The summed E-state index contributed by atoms with van der Waals surface area (Å²) in [6, 6.07) is 13.1. The number of rotatable bonds is 6. The fraction of sp³-hybridized carbons (Fsp3) is 0.0476. The molecule has 7 heteroatoms. The zero-order valence-electron chi connectivity index (χ0n) is 14.8. The maximum absolute atomic E-state index is 14.4. The Kier molecular flexibility index (Phi) is 5.96. The van der Waals surface area contributed by atoms with Crippen LogP contribution in [0.1, 0.15) is 11.3 Å². The van der Waals surface area contributed by atoms with Gasteiger partial charge in [0.25, 0.3) is 0 Å². The average Bonchev–Trinajstić information content (AvgIpc) is 2.67. The highest BCUT2D eigenvalue weighted by molar-refractivity contribution is 5.92. The lowest BCUT2D eigenvalue weighted by atomic mass is 10.1. The summed E-state index contributed by atoms with van der Waals surface area (Å²) in [5, 5.41) is 2.61. The van der Waals surface area contributed by atoms with Crippen molar-refractivity contribution in [1.82, 2.24) is 0 Å². The van der Waals surface area contributed by atoms with Gasteiger partial charge in [-0.15, -0.1) is 0 Å². The molecule has 0 aliphatic carbocycles. The number of ether oxygens (including phenoxy) is 1. The fourth-order valence-electron chi connectivity index (χ4n) is 2.52. The highest BCUT2D eigenvalue weighted by atomic mass is 19.1. The summed E-state index contributed by atoms with van der Waals surface area (Å²) in [5.74, 6) is -0.944. The van der Waals surface area contributed by atoms with E-state index in [9.17, 15) is 13.6 Å². The van der Waals surface area contributed by atoms with E-state index in [0.717, 1.165) is 0 Å². The molecular formula is C21H18F2N3O2+. The van der Waals surface area contributed by atoms with Gasteiger partial charge in [0.15, 0.2) is 23.5 Å². The van der Waals surface area contributed by atoms with Crippen molar-refractivity contribution in [3.63, 3.8) is 0 Å². The number of hydrogen-bond acceptors (Lipinski definition) is 3. The number of nitrogens with one attached hydrogen (secondary N) is 2. The Morgan fingerprint density at radius 1 is 1.11 bits per heavy atom. The Morgan fingerprint density at radius 2 is 1.89 bits per heavy atom. The lowest BCUT2D eigenvalue weighted by Crippen LogP contribution is -2.14. The van der Waals surface area contributed by atoms with Crippen LogP contribution in [-0.4, -0.2) is 5.91 Å². The number of carbonyl (C=O) groups is 1. The third-order valence-electron chi connectivity index (χ3n) is 3.82. The van der Waals surface area contributed by atoms with Crippen molar-refractivity contribution in [2.24, 2.45) is 5.73 Å². The van der Waals surface area contributed by atoms with Gasteiger partial charge in [-0.3, -0.25) is 4.79 Å². The van der Waals surface area contributed by atoms with E-state index in [0.29, 0.717) is 22.7 Å². The number of pyridine rings is 1. The van der Waals surface area contributed by atoms with Crippen LogP contribution in [0.25, 0.3) is 6.08 Å². The van der Waals surface area contributed by atoms with Gasteiger partial charge >= 0.3 is 0 Å². The number of anilines is 1. The summed E-state index contributed by atoms with van der Waals surface area (Å²) in [5.41, 5.74) is 6.92. The first-order valence-corrected chi connectivity index (χ1v) is 8.46. The van der Waals surface area contributed by atoms with Gasteiger partial charge in [0.2, 0.25) is 11.6 Å². The van der Waals surface area contributed by atoms with Gasteiger partial charge in [-0.05, 0) is 35.9 Å². The smallest absolute Gasteiger partial charge is 0.248 e. The lowest BCUT2D eigenvalue weighted by Gasteiger charge is -2.09. The zero-order valence-corrected chi connectivity index (χ0v) is 14.8. The number of hydrogen-bond donors (Lipinski definition) is 2. The molecule has 0 bridgehead atoms. The summed E-state index contributed by atoms with van der Waals surface area (Å²) >= 11 is 0. The second-order valence-corrected chi connectivity index (χ2v) is 5.91. The minimum atomic E-state index is -0.633. The highest BCUT2D eigenvalue weighted by Gasteiger charge is 2.13. The monoisotopic (exact) mass is 382 g/mol. The van der Waals surface area contributed by atoms with Crippen LogP contribution in [0.3, 0.4) is 0 Å². The minimum Gasteiger partial charge on any atom is -0.447 e. The van der Waals surface area contributed by atoms with Crippen LogP contribution in [0.15, 0.2) is 67.0 Å². The summed E-state index contributed by atoms with van der Waals surface area (Å²) in [6.07, 6.45) is 4.68. The molecule has 4 N–H and O–H groups in total. The molecule has 1 aromatic heterocycles. The molecule has 0 saturated carbocycles. The van der Waals surface area contributed by atoms with Crippen molar-refractivity contribution in [2.75, 3.05) is 5.32 Å². The molecule has 1 heterocycles. The van der Waals surface area contributed by atoms with E-state index < -0.39 is 5.82 Å². The minimum absolute atomic E-state index is 0.00260. The molecule has 28 heavy (non-hydrogen) atoms. The van der Waals surface area contributed by atoms with Gasteiger partial charge < -0.3 is 15.8 Å². The van der Waals surface area contributed by atoms with Crippen molar-refractivity contribution in [3.8, 4) is 11.5 Å². The van der Waals surface area contributed by atoms with E-state index >= 15 is 0 Å². The molecule has 1 amide bonds. The molecule has 0 unspecified atom stereocenters. The maximum atomic E-state index is 14.4. The standard InChI is InChI=1S/C21H17F2N3O2/c22-15-5-3-14(4-6-15)12-21(27)26-16-7-8-19(17(23)13-16)28-20-2-1-11-25-18(20)9-10-24/h1-11,13H,12,24H2,(H,26,27)/p+1. The van der Waals surface area contributed by atoms with Crippen LogP contribution >= 0.6 is 0 Å². The number of amides is 1. The molecule has 0 aliphatic rings. The van der Waals surface area contributed by atoms with E-state index in [-0.39, 0.29) is 23.9 Å². The first-order chi connectivity index (χ1) is 13.5. The first kappa shape index (κ1) is 19.0. The normalized spacial score (nSPS) is 10.8. The van der Waals surface area contributed by atoms with E-state index in [1.54, 1.807) is 24.4 Å². The Bertz CT molecular complexity index is 1000. The predicted molar refractivity (Wildman–Crippen MR) is 101 cm³/mol. The number of halogens is 2. The van der Waals surface area contributed by atoms with Crippen LogP contribution in [-0.2, 0) is 11.2 Å². The first-order valence-electron chi connectivity index (χ1n) is 8.46. The van der Waals surface area contributed by atoms with Crippen LogP contribution in [0.4, 0.5) is 14.5 Å². The summed E-state index contributed by atoms with van der Waals surface area (Å²) < 4.78 is 32.9. The second-order valence-electron chi connectivity index (χ2n) is 5.91. The highest BCUT2D eigenvalue weighted by Crippen LogP contribution is 2.28. The van der Waals surface area contributed by atoms with Gasteiger partial charge in [-0.2, -0.15) is 0 Å². The largest absolute Gasteiger partial charge is 0.447 e. The topological polar surface area (TPSA) is 78.5 Å². The van der Waals surface area contributed by atoms with Crippen molar-refractivity contribution in [2.45, 2.75) is 6.42 Å². The predicted octanol–water partition coefficient (Wildman–Crippen LogP) is 3.68. The van der Waals surface area contributed by atoms with E-state index in [1.807, 2.05) is 0 Å². The van der Waals surface area contributed by atoms with Crippen LogP contribution in [0, 0.1) is 11.6 Å². The van der Waals surface area contributed by atoms with Crippen molar-refractivity contribution < 1.29 is 23.3 Å². The fourth-order valence-corrected chi connectivity index (χ4v) is 2.52. The van der Waals surface area contributed by atoms with Gasteiger partial charge in [-0.25, -0.2) is 13.8 Å². The SMILES string of the molecule is NC=Cc1[nH+]cccc1Oc1ccc(NC(=O)Cc2ccc(F)cc2)cc1F. The second kappa shape index (κ2) is 8.77. The molecule has 2 aromatic carbocycles. The summed E-state index contributed by atoms with van der Waals surface area (Å²) in [7, 11) is 0. The van der Waals surface area contributed by atoms with Gasteiger partial charge in [0.05, 0.1) is 6.42 Å². The number of aromatic amines is 1. The molecule has 0 atom stereocenters. The van der Waals surface area contributed by atoms with Gasteiger partial charge in [-0.1, -0.05) is 12.1 Å². The van der Waals surface area contributed by atoms with Crippen LogP contribution < -0.4 is 20.8 Å². The zero-order chi connectivity index (χ0) is 19.9. The molecule has 0 spiro atoms. The average molecular weight is 382 g/mol. The maximum Gasteiger partial charge on any atom is 0.248 e. The van der Waals surface area contributed by atoms with E-state index in [4.69, 9.17) is 10.5 Å². The molecule has 0 aliphatic heterocycles. The van der Waals surface area contributed by atoms with Gasteiger partial charge in [0, 0.05) is 30.1 Å². The number of nitrogens with two attached hydrogens (primary N) is 1. The molecule has 0 fully saturated rings. The van der Waals surface area contributed by atoms with Crippen LogP contribution in [0.5, 0.6) is 11.5 Å². The lowest BCUT2D eigenvalue weighted by molar-refractivity contribution is -0.381. The molecule has 3 rings (SSSR count). The number of benzene rings is 2. The number of carbonyl (C=O) groups excluding carboxylic acids is 1. The Morgan fingerprint density at radius 3 is 2.61 bits per heavy atom. The quantitative estimate of drug-likeness (QED) is 0.683. The Balaban J connectivity index is 1.68. The number of H-pyrrole nitrogens is 1. The summed E-state index contributed by atoms with van der Waals surface area (Å²) in [4.78, 5) is 15.0. The Labute approximate surface area is 160 Å².